The number of aryl methyl sites for hydroxylation is 2. The summed E-state index contributed by atoms with van der Waals surface area (Å²) in [6, 6.07) is 8.41. The van der Waals surface area contributed by atoms with Gasteiger partial charge < -0.3 is 0 Å². The molecule has 2 rings (SSSR count). The average Bonchev–Trinajstić information content (AvgIpc) is 2.23. The molecule has 2 aromatic rings. The van der Waals surface area contributed by atoms with Crippen LogP contribution < -0.4 is 0 Å². The third-order valence-electron chi connectivity index (χ3n) is 2.96. The fraction of sp³-hybridized carbons (Fsp3) is 0.231. The number of hydrogen-bond donors (Lipinski definition) is 0. The fourth-order valence-corrected chi connectivity index (χ4v) is 2.15. The first-order valence-corrected chi connectivity index (χ1v) is 5.14. The summed E-state index contributed by atoms with van der Waals surface area (Å²) in [4.78, 5) is 0. The van der Waals surface area contributed by atoms with Gasteiger partial charge in [0.15, 0.2) is 0 Å². The Morgan fingerprint density at radius 3 is 1.86 bits per heavy atom. The van der Waals surface area contributed by atoms with Gasteiger partial charge in [-0.15, -0.1) is 0 Å². The van der Waals surface area contributed by atoms with Gasteiger partial charge in [-0.25, -0.2) is 0 Å². The van der Waals surface area contributed by atoms with E-state index in [0.29, 0.717) is 0 Å². The van der Waals surface area contributed by atoms with Crippen LogP contribution in [0.1, 0.15) is 16.7 Å². The zero-order chi connectivity index (χ0) is 10.3. The van der Waals surface area contributed by atoms with E-state index in [1.807, 2.05) is 0 Å². The first-order chi connectivity index (χ1) is 6.63. The number of halogens is 1. The topological polar surface area (TPSA) is 0 Å². The largest absolute Gasteiger partial charge is 0.0837 e. The lowest BCUT2D eigenvalue weighted by molar-refractivity contribution is 1.34. The van der Waals surface area contributed by atoms with Crippen molar-refractivity contribution < 1.29 is 0 Å². The molecule has 0 saturated carbocycles. The molecule has 0 aromatic heterocycles. The number of fused-ring (bicyclic) bond motifs is 1. The van der Waals surface area contributed by atoms with Crippen molar-refractivity contribution in [3.05, 3.63) is 46.0 Å². The smallest absolute Gasteiger partial charge is 0.0473 e. The lowest BCUT2D eigenvalue weighted by Gasteiger charge is -2.11. The third kappa shape index (κ3) is 1.22. The van der Waals surface area contributed by atoms with E-state index in [1.165, 1.54) is 27.5 Å². The molecule has 0 fully saturated rings. The summed E-state index contributed by atoms with van der Waals surface area (Å²) in [5.74, 6) is 0. The van der Waals surface area contributed by atoms with Crippen LogP contribution in [0.2, 0.25) is 5.02 Å². The summed E-state index contributed by atoms with van der Waals surface area (Å²) in [6.07, 6.45) is 0. The van der Waals surface area contributed by atoms with Crippen molar-refractivity contribution in [2.45, 2.75) is 20.8 Å². The summed E-state index contributed by atoms with van der Waals surface area (Å²) < 4.78 is 0. The van der Waals surface area contributed by atoms with Gasteiger partial charge in [-0.05, 0) is 48.2 Å². The highest BCUT2D eigenvalue weighted by atomic mass is 35.5. The molecule has 0 aliphatic rings. The molecule has 0 aliphatic carbocycles. The van der Waals surface area contributed by atoms with Crippen LogP contribution in [0, 0.1) is 20.8 Å². The second-order valence-corrected chi connectivity index (χ2v) is 4.11. The van der Waals surface area contributed by atoms with Crippen molar-refractivity contribution >= 4 is 22.4 Å². The van der Waals surface area contributed by atoms with Crippen LogP contribution in [0.15, 0.2) is 24.3 Å². The number of rotatable bonds is 0. The SMILES string of the molecule is Cc1c(Cl)c(C)c2ccccc2c1C. The summed E-state index contributed by atoms with van der Waals surface area (Å²) in [7, 11) is 0. The zero-order valence-electron chi connectivity index (χ0n) is 8.69. The molecular weight excluding hydrogens is 192 g/mol. The quantitative estimate of drug-likeness (QED) is 0.596. The van der Waals surface area contributed by atoms with Gasteiger partial charge in [0, 0.05) is 5.02 Å². The molecule has 0 amide bonds. The van der Waals surface area contributed by atoms with Crippen LogP contribution in [0.5, 0.6) is 0 Å². The van der Waals surface area contributed by atoms with Crippen molar-refractivity contribution in [1.82, 2.24) is 0 Å². The average molecular weight is 205 g/mol. The van der Waals surface area contributed by atoms with E-state index in [0.717, 1.165) is 5.02 Å². The third-order valence-corrected chi connectivity index (χ3v) is 3.52. The van der Waals surface area contributed by atoms with Crippen LogP contribution in [0.4, 0.5) is 0 Å². The van der Waals surface area contributed by atoms with Gasteiger partial charge in [0.25, 0.3) is 0 Å². The predicted octanol–water partition coefficient (Wildman–Crippen LogP) is 4.42. The van der Waals surface area contributed by atoms with E-state index in [4.69, 9.17) is 11.6 Å². The Morgan fingerprint density at radius 1 is 0.786 bits per heavy atom. The van der Waals surface area contributed by atoms with E-state index in [2.05, 4.69) is 45.0 Å². The first-order valence-electron chi connectivity index (χ1n) is 4.77. The van der Waals surface area contributed by atoms with Gasteiger partial charge in [-0.2, -0.15) is 0 Å². The molecule has 0 heterocycles. The second kappa shape index (κ2) is 3.29. The molecule has 0 saturated heterocycles. The second-order valence-electron chi connectivity index (χ2n) is 3.73. The molecule has 0 unspecified atom stereocenters. The molecule has 0 aliphatic heterocycles. The normalized spacial score (nSPS) is 10.9. The molecule has 14 heavy (non-hydrogen) atoms. The molecule has 0 N–H and O–H groups in total. The van der Waals surface area contributed by atoms with Crippen LogP contribution in [0.25, 0.3) is 10.8 Å². The van der Waals surface area contributed by atoms with Crippen molar-refractivity contribution in [2.24, 2.45) is 0 Å². The van der Waals surface area contributed by atoms with Crippen LogP contribution >= 0.6 is 11.6 Å². The highest BCUT2D eigenvalue weighted by Crippen LogP contribution is 2.32. The van der Waals surface area contributed by atoms with Gasteiger partial charge in [-0.1, -0.05) is 35.9 Å². The maximum Gasteiger partial charge on any atom is 0.0473 e. The van der Waals surface area contributed by atoms with E-state index < -0.39 is 0 Å². The van der Waals surface area contributed by atoms with E-state index in [1.54, 1.807) is 0 Å². The molecule has 0 bridgehead atoms. The van der Waals surface area contributed by atoms with Gasteiger partial charge >= 0.3 is 0 Å². The highest BCUT2D eigenvalue weighted by molar-refractivity contribution is 6.33. The Bertz CT molecular complexity index is 452. The summed E-state index contributed by atoms with van der Waals surface area (Å²) >= 11 is 6.26. The summed E-state index contributed by atoms with van der Waals surface area (Å²) in [6.45, 7) is 6.29. The Kier molecular flexibility index (Phi) is 2.24. The van der Waals surface area contributed by atoms with Gasteiger partial charge in [-0.3, -0.25) is 0 Å². The Labute approximate surface area is 89.5 Å². The molecule has 0 spiro atoms. The van der Waals surface area contributed by atoms with Crippen molar-refractivity contribution in [3.63, 3.8) is 0 Å². The lowest BCUT2D eigenvalue weighted by atomic mass is 9.97. The Hall–Kier alpha value is -1.01. The monoisotopic (exact) mass is 204 g/mol. The van der Waals surface area contributed by atoms with Gasteiger partial charge in [0.05, 0.1) is 0 Å². The van der Waals surface area contributed by atoms with Gasteiger partial charge in [0.1, 0.15) is 0 Å². The summed E-state index contributed by atoms with van der Waals surface area (Å²) in [5, 5.41) is 3.48. The minimum Gasteiger partial charge on any atom is -0.0837 e. The lowest BCUT2D eigenvalue weighted by Crippen LogP contribution is -1.89. The highest BCUT2D eigenvalue weighted by Gasteiger charge is 2.08. The molecule has 0 radical (unpaired) electrons. The van der Waals surface area contributed by atoms with Crippen molar-refractivity contribution in [3.8, 4) is 0 Å². The maximum atomic E-state index is 6.26. The predicted molar refractivity (Wildman–Crippen MR) is 63.2 cm³/mol. The molecular formula is C13H13Cl. The molecule has 2 aromatic carbocycles. The standard InChI is InChI=1S/C13H13Cl/c1-8-9(2)13(14)10(3)12-7-5-4-6-11(8)12/h4-7H,1-3H3. The van der Waals surface area contributed by atoms with Gasteiger partial charge in [0.2, 0.25) is 0 Å². The number of hydrogen-bond acceptors (Lipinski definition) is 0. The summed E-state index contributed by atoms with van der Waals surface area (Å²) in [5.41, 5.74) is 3.67. The van der Waals surface area contributed by atoms with Crippen molar-refractivity contribution in [2.75, 3.05) is 0 Å². The Balaban J connectivity index is 3.02. The molecule has 0 nitrogen and oxygen atoms in total. The zero-order valence-corrected chi connectivity index (χ0v) is 9.44. The van der Waals surface area contributed by atoms with E-state index in [9.17, 15) is 0 Å². The van der Waals surface area contributed by atoms with Crippen molar-refractivity contribution in [1.29, 1.82) is 0 Å². The van der Waals surface area contributed by atoms with Crippen LogP contribution in [-0.2, 0) is 0 Å². The number of benzene rings is 2. The minimum absolute atomic E-state index is 0.904. The molecule has 1 heteroatoms. The van der Waals surface area contributed by atoms with E-state index >= 15 is 0 Å². The van der Waals surface area contributed by atoms with E-state index in [-0.39, 0.29) is 0 Å². The fourth-order valence-electron chi connectivity index (χ4n) is 1.90. The molecule has 0 atom stereocenters. The first kappa shape index (κ1) is 9.54. The Morgan fingerprint density at radius 2 is 1.29 bits per heavy atom. The van der Waals surface area contributed by atoms with Crippen LogP contribution in [0.3, 0.4) is 0 Å². The molecule has 72 valence electrons. The maximum absolute atomic E-state index is 6.26. The minimum atomic E-state index is 0.904. The van der Waals surface area contributed by atoms with Crippen LogP contribution in [-0.4, -0.2) is 0 Å².